The standard InChI is InChI=1S/C13H15F2N7/c1-3-9-8(7-21(2)19-9)6-16-10-4-5-11-17-18-13(12(14)15)22(11)20-10/h4-5,7,12H,3,6H2,1-2H3,(H,16,20). The maximum absolute atomic E-state index is 12.8. The first-order valence-corrected chi connectivity index (χ1v) is 6.84. The first-order valence-electron chi connectivity index (χ1n) is 6.84. The van der Waals surface area contributed by atoms with Crippen molar-refractivity contribution in [2.75, 3.05) is 5.32 Å². The van der Waals surface area contributed by atoms with E-state index in [1.807, 2.05) is 20.2 Å². The summed E-state index contributed by atoms with van der Waals surface area (Å²) in [6.07, 6.45) is 0.0294. The SMILES string of the molecule is CCc1nn(C)cc1CNc1ccc2nnc(C(F)F)n2n1. The van der Waals surface area contributed by atoms with E-state index in [9.17, 15) is 8.78 Å². The third-order valence-electron chi connectivity index (χ3n) is 3.27. The van der Waals surface area contributed by atoms with Crippen LogP contribution in [0.4, 0.5) is 14.6 Å². The van der Waals surface area contributed by atoms with Crippen molar-refractivity contribution in [1.29, 1.82) is 0 Å². The van der Waals surface area contributed by atoms with Crippen molar-refractivity contribution in [3.8, 4) is 0 Å². The number of aryl methyl sites for hydroxylation is 2. The van der Waals surface area contributed by atoms with Crippen LogP contribution in [0.2, 0.25) is 0 Å². The average Bonchev–Trinajstić information content (AvgIpc) is 3.07. The van der Waals surface area contributed by atoms with E-state index in [1.54, 1.807) is 16.8 Å². The van der Waals surface area contributed by atoms with Crippen molar-refractivity contribution in [1.82, 2.24) is 29.6 Å². The van der Waals surface area contributed by atoms with Crippen molar-refractivity contribution in [3.05, 3.63) is 35.4 Å². The molecule has 9 heteroatoms. The number of aromatic nitrogens is 6. The largest absolute Gasteiger partial charge is 0.364 e. The summed E-state index contributed by atoms with van der Waals surface area (Å²) in [5.41, 5.74) is 2.33. The van der Waals surface area contributed by atoms with E-state index >= 15 is 0 Å². The van der Waals surface area contributed by atoms with Gasteiger partial charge in [0.1, 0.15) is 5.82 Å². The van der Waals surface area contributed by atoms with Crippen LogP contribution < -0.4 is 5.32 Å². The smallest absolute Gasteiger partial charge is 0.299 e. The molecule has 3 heterocycles. The molecule has 0 bridgehead atoms. The highest BCUT2D eigenvalue weighted by molar-refractivity contribution is 5.44. The molecule has 0 unspecified atom stereocenters. The maximum atomic E-state index is 12.8. The number of hydrogen-bond donors (Lipinski definition) is 1. The molecule has 0 aliphatic carbocycles. The molecule has 3 aromatic rings. The van der Waals surface area contributed by atoms with E-state index in [1.165, 1.54) is 0 Å². The van der Waals surface area contributed by atoms with Gasteiger partial charge in [0.25, 0.3) is 6.43 Å². The number of nitrogens with zero attached hydrogens (tertiary/aromatic N) is 6. The van der Waals surface area contributed by atoms with E-state index in [0.717, 1.165) is 22.2 Å². The number of rotatable bonds is 5. The lowest BCUT2D eigenvalue weighted by Gasteiger charge is -2.06. The molecule has 0 aliphatic rings. The molecule has 0 aromatic carbocycles. The molecule has 3 rings (SSSR count). The summed E-state index contributed by atoms with van der Waals surface area (Å²) in [4.78, 5) is 0. The molecule has 1 N–H and O–H groups in total. The zero-order valence-corrected chi connectivity index (χ0v) is 12.2. The third kappa shape index (κ3) is 2.61. The lowest BCUT2D eigenvalue weighted by atomic mass is 10.2. The molecule has 0 saturated carbocycles. The van der Waals surface area contributed by atoms with Gasteiger partial charge in [0.2, 0.25) is 5.82 Å². The number of fused-ring (bicyclic) bond motifs is 1. The Kier molecular flexibility index (Phi) is 3.70. The molecule has 0 saturated heterocycles. The Morgan fingerprint density at radius 1 is 1.23 bits per heavy atom. The topological polar surface area (TPSA) is 72.9 Å². The molecule has 0 fully saturated rings. The van der Waals surface area contributed by atoms with Crippen LogP contribution in [-0.4, -0.2) is 29.6 Å². The summed E-state index contributed by atoms with van der Waals surface area (Å²) in [6.45, 7) is 2.55. The number of anilines is 1. The van der Waals surface area contributed by atoms with Crippen LogP contribution in [0, 0.1) is 0 Å². The zero-order chi connectivity index (χ0) is 15.7. The van der Waals surface area contributed by atoms with Crippen molar-refractivity contribution < 1.29 is 8.78 Å². The fourth-order valence-corrected chi connectivity index (χ4v) is 2.25. The lowest BCUT2D eigenvalue weighted by molar-refractivity contribution is 0.137. The summed E-state index contributed by atoms with van der Waals surface area (Å²) >= 11 is 0. The van der Waals surface area contributed by atoms with Crippen LogP contribution in [0.25, 0.3) is 5.65 Å². The normalized spacial score (nSPS) is 11.5. The van der Waals surface area contributed by atoms with Gasteiger partial charge in [-0.25, -0.2) is 8.78 Å². The summed E-state index contributed by atoms with van der Waals surface area (Å²) in [7, 11) is 1.86. The Hall–Kier alpha value is -2.58. The van der Waals surface area contributed by atoms with E-state index in [4.69, 9.17) is 0 Å². The third-order valence-corrected chi connectivity index (χ3v) is 3.27. The van der Waals surface area contributed by atoms with Crippen molar-refractivity contribution in [2.45, 2.75) is 26.3 Å². The Bertz CT molecular complexity index is 793. The van der Waals surface area contributed by atoms with Gasteiger partial charge in [0.15, 0.2) is 5.65 Å². The molecule has 0 radical (unpaired) electrons. The number of halogens is 2. The molecular weight excluding hydrogens is 292 g/mol. The summed E-state index contributed by atoms with van der Waals surface area (Å²) < 4.78 is 28.4. The van der Waals surface area contributed by atoms with Gasteiger partial charge in [-0.15, -0.1) is 15.3 Å². The van der Waals surface area contributed by atoms with E-state index in [0.29, 0.717) is 12.4 Å². The van der Waals surface area contributed by atoms with E-state index in [-0.39, 0.29) is 5.65 Å². The van der Waals surface area contributed by atoms with Crippen molar-refractivity contribution in [3.63, 3.8) is 0 Å². The van der Waals surface area contributed by atoms with Crippen LogP contribution in [0.15, 0.2) is 18.3 Å². The number of alkyl halides is 2. The Morgan fingerprint density at radius 2 is 2.05 bits per heavy atom. The summed E-state index contributed by atoms with van der Waals surface area (Å²) in [5, 5.41) is 18.7. The van der Waals surface area contributed by atoms with Crippen LogP contribution in [0.1, 0.15) is 30.4 Å². The van der Waals surface area contributed by atoms with E-state index < -0.39 is 12.2 Å². The second-order valence-electron chi connectivity index (χ2n) is 4.83. The Labute approximate surface area is 125 Å². The second-order valence-corrected chi connectivity index (χ2v) is 4.83. The molecule has 116 valence electrons. The lowest BCUT2D eigenvalue weighted by Crippen LogP contribution is -2.06. The van der Waals surface area contributed by atoms with Gasteiger partial charge in [0.05, 0.1) is 5.69 Å². The second kappa shape index (κ2) is 5.66. The van der Waals surface area contributed by atoms with Gasteiger partial charge in [-0.2, -0.15) is 9.61 Å². The highest BCUT2D eigenvalue weighted by Crippen LogP contribution is 2.18. The van der Waals surface area contributed by atoms with Gasteiger partial charge >= 0.3 is 0 Å². The Morgan fingerprint density at radius 3 is 2.77 bits per heavy atom. The highest BCUT2D eigenvalue weighted by atomic mass is 19.3. The molecule has 7 nitrogen and oxygen atoms in total. The van der Waals surface area contributed by atoms with Gasteiger partial charge in [0, 0.05) is 25.4 Å². The first-order chi connectivity index (χ1) is 10.6. The van der Waals surface area contributed by atoms with Gasteiger partial charge in [-0.3, -0.25) is 4.68 Å². The Balaban J connectivity index is 1.83. The zero-order valence-electron chi connectivity index (χ0n) is 12.2. The molecule has 3 aromatic heterocycles. The fourth-order valence-electron chi connectivity index (χ4n) is 2.25. The summed E-state index contributed by atoms with van der Waals surface area (Å²) in [6, 6.07) is 3.28. The summed E-state index contributed by atoms with van der Waals surface area (Å²) in [5.74, 6) is 0.00869. The number of hydrogen-bond acceptors (Lipinski definition) is 5. The predicted octanol–water partition coefficient (Wildman–Crippen LogP) is 1.97. The van der Waals surface area contributed by atoms with Crippen molar-refractivity contribution in [2.24, 2.45) is 7.05 Å². The minimum atomic E-state index is -2.72. The van der Waals surface area contributed by atoms with Crippen LogP contribution in [0.5, 0.6) is 0 Å². The van der Waals surface area contributed by atoms with Crippen LogP contribution >= 0.6 is 0 Å². The molecule has 22 heavy (non-hydrogen) atoms. The molecular formula is C13H15F2N7. The molecule has 0 amide bonds. The monoisotopic (exact) mass is 307 g/mol. The maximum Gasteiger partial charge on any atom is 0.299 e. The fraction of sp³-hybridized carbons (Fsp3) is 0.385. The average molecular weight is 307 g/mol. The van der Waals surface area contributed by atoms with Crippen LogP contribution in [0.3, 0.4) is 0 Å². The van der Waals surface area contributed by atoms with Gasteiger partial charge in [-0.1, -0.05) is 6.92 Å². The minimum absolute atomic E-state index is 0.288. The predicted molar refractivity (Wildman–Crippen MR) is 75.7 cm³/mol. The van der Waals surface area contributed by atoms with Crippen LogP contribution in [-0.2, 0) is 20.0 Å². The molecule has 0 atom stereocenters. The minimum Gasteiger partial charge on any atom is -0.364 e. The first kappa shape index (κ1) is 14.4. The quantitative estimate of drug-likeness (QED) is 0.780. The van der Waals surface area contributed by atoms with Crippen molar-refractivity contribution >= 4 is 11.5 Å². The number of nitrogens with one attached hydrogen (secondary N) is 1. The molecule has 0 spiro atoms. The highest BCUT2D eigenvalue weighted by Gasteiger charge is 2.17. The van der Waals surface area contributed by atoms with Gasteiger partial charge in [-0.05, 0) is 18.6 Å². The van der Waals surface area contributed by atoms with Gasteiger partial charge < -0.3 is 5.32 Å². The molecule has 0 aliphatic heterocycles. The van der Waals surface area contributed by atoms with E-state index in [2.05, 4.69) is 25.7 Å².